The van der Waals surface area contributed by atoms with Crippen LogP contribution in [0.1, 0.15) is 39.3 Å². The number of hydrogen-bond acceptors (Lipinski definition) is 7. The number of halogens is 2. The van der Waals surface area contributed by atoms with Crippen molar-refractivity contribution < 1.29 is 63.4 Å². The van der Waals surface area contributed by atoms with Crippen LogP contribution in [0.15, 0.2) is 66.7 Å². The van der Waals surface area contributed by atoms with Gasteiger partial charge >= 0.3 is 29.6 Å². The summed E-state index contributed by atoms with van der Waals surface area (Å²) in [5.74, 6) is -8.19. The molecule has 3 aromatic rings. The number of rotatable bonds is 5. The number of carbonyl (C=O) groups is 5. The van der Waals surface area contributed by atoms with Crippen LogP contribution in [0.4, 0.5) is 11.4 Å². The summed E-state index contributed by atoms with van der Waals surface area (Å²) in [7, 11) is 0. The minimum Gasteiger partial charge on any atom is -0.550 e. The second kappa shape index (κ2) is 11.4. The summed E-state index contributed by atoms with van der Waals surface area (Å²) in [6.45, 7) is 1.35. The van der Waals surface area contributed by atoms with Gasteiger partial charge in [-0.1, -0.05) is 53.5 Å². The minimum absolute atomic E-state index is 0. The first-order chi connectivity index (χ1) is 18.5. The third-order valence-electron chi connectivity index (χ3n) is 6.83. The number of amides is 2. The molecule has 12 heteroatoms. The fourth-order valence-corrected chi connectivity index (χ4v) is 5.48. The average Bonchev–Trinajstić information content (AvgIpc) is 3.37. The molecule has 2 N–H and O–H groups in total. The number of ether oxygens (including phenoxy) is 1. The number of nitrogens with one attached hydrogen (secondary N) is 2. The first-order valence-electron chi connectivity index (χ1n) is 11.8. The molecule has 5 rings (SSSR count). The summed E-state index contributed by atoms with van der Waals surface area (Å²) in [6.07, 6.45) is -1.37. The van der Waals surface area contributed by atoms with Crippen molar-refractivity contribution in [2.24, 2.45) is 11.8 Å². The van der Waals surface area contributed by atoms with Gasteiger partial charge < -0.3 is 25.3 Å². The van der Waals surface area contributed by atoms with Gasteiger partial charge in [0.25, 0.3) is 0 Å². The molecule has 1 saturated heterocycles. The van der Waals surface area contributed by atoms with E-state index in [9.17, 15) is 29.1 Å². The number of carbonyl (C=O) groups excluding carboxylic acids is 5. The summed E-state index contributed by atoms with van der Waals surface area (Å²) in [5.41, 5.74) is -1.54. The maximum Gasteiger partial charge on any atom is 1.00 e. The topological polar surface area (TPSA) is 142 Å². The number of carboxylic acids is 1. The Bertz CT molecular complexity index is 1530. The Morgan fingerprint density at radius 1 is 0.850 bits per heavy atom. The molecule has 2 amide bonds. The Balaban J connectivity index is 0.00000370. The van der Waals surface area contributed by atoms with Gasteiger partial charge in [-0.25, -0.2) is 0 Å². The summed E-state index contributed by atoms with van der Waals surface area (Å²) in [6, 6.07) is 16.3. The van der Waals surface area contributed by atoms with Gasteiger partial charge in [-0.2, -0.15) is 0 Å². The number of benzene rings is 3. The molecule has 0 unspecified atom stereocenters. The molecule has 2 aliphatic rings. The first-order valence-corrected chi connectivity index (χ1v) is 12.5. The molecular formula is C28H19Cl2N2NaO7. The van der Waals surface area contributed by atoms with E-state index in [-0.39, 0.29) is 67.9 Å². The quantitative estimate of drug-likeness (QED) is 0.326. The van der Waals surface area contributed by atoms with Crippen molar-refractivity contribution in [3.05, 3.63) is 93.5 Å². The number of fused-ring (bicyclic) bond motifs is 1. The molecular weight excluding hydrogens is 570 g/mol. The first kappa shape index (κ1) is 29.9. The molecule has 0 aromatic heterocycles. The van der Waals surface area contributed by atoms with Crippen LogP contribution in [-0.2, 0) is 19.1 Å². The van der Waals surface area contributed by atoms with Crippen molar-refractivity contribution in [2.75, 3.05) is 10.6 Å². The van der Waals surface area contributed by atoms with Crippen molar-refractivity contribution >= 4 is 63.9 Å². The number of ketones is 2. The molecule has 0 bridgehead atoms. The number of anilines is 2. The van der Waals surface area contributed by atoms with Gasteiger partial charge in [0.1, 0.15) is 0 Å². The SMILES string of the molecule is CC(=O)Nc1ccc(NC(=O)[C@H]2[C@@H](C(=O)[O-])C3(O[C@H]2c2ccc(Cl)c(Cl)c2)C(=O)c2ccccc2C3=O)cc1.[Na+]. The van der Waals surface area contributed by atoms with E-state index >= 15 is 0 Å². The van der Waals surface area contributed by atoms with Crippen LogP contribution in [0.3, 0.4) is 0 Å². The normalized spacial score (nSPS) is 20.5. The Labute approximate surface area is 260 Å². The van der Waals surface area contributed by atoms with Gasteiger partial charge in [-0.05, 0) is 42.0 Å². The van der Waals surface area contributed by atoms with Crippen molar-refractivity contribution in [2.45, 2.75) is 18.6 Å². The molecule has 9 nitrogen and oxygen atoms in total. The van der Waals surface area contributed by atoms with Gasteiger partial charge in [0.05, 0.1) is 28.0 Å². The molecule has 0 saturated carbocycles. The fraction of sp³-hybridized carbons (Fsp3) is 0.179. The molecule has 3 aromatic carbocycles. The van der Waals surface area contributed by atoms with E-state index in [0.29, 0.717) is 5.69 Å². The summed E-state index contributed by atoms with van der Waals surface area (Å²) in [4.78, 5) is 65.0. The van der Waals surface area contributed by atoms with Gasteiger partial charge in [0, 0.05) is 35.4 Å². The third kappa shape index (κ3) is 4.98. The number of aliphatic carboxylic acids is 1. The van der Waals surface area contributed by atoms with Crippen LogP contribution in [0.25, 0.3) is 0 Å². The number of Topliss-reactive ketones (excluding diaryl/α,β-unsaturated/α-hetero) is 2. The van der Waals surface area contributed by atoms with Gasteiger partial charge in [0.2, 0.25) is 29.0 Å². The smallest absolute Gasteiger partial charge is 0.550 e. The molecule has 1 spiro atoms. The van der Waals surface area contributed by atoms with Crippen molar-refractivity contribution in [1.29, 1.82) is 0 Å². The van der Waals surface area contributed by atoms with Crippen LogP contribution in [-0.4, -0.2) is 35.0 Å². The molecule has 198 valence electrons. The molecule has 1 aliphatic heterocycles. The largest absolute Gasteiger partial charge is 1.00 e. The van der Waals surface area contributed by atoms with Gasteiger partial charge in [0.15, 0.2) is 0 Å². The zero-order valence-corrected chi connectivity index (χ0v) is 24.7. The predicted molar refractivity (Wildman–Crippen MR) is 139 cm³/mol. The summed E-state index contributed by atoms with van der Waals surface area (Å²) in [5, 5.41) is 18.2. The molecule has 3 atom stereocenters. The predicted octanol–water partition coefficient (Wildman–Crippen LogP) is 0.466. The minimum atomic E-state index is -2.52. The van der Waals surface area contributed by atoms with E-state index < -0.39 is 47.0 Å². The zero-order valence-electron chi connectivity index (χ0n) is 21.2. The van der Waals surface area contributed by atoms with Crippen molar-refractivity contribution in [3.8, 4) is 0 Å². The van der Waals surface area contributed by atoms with Crippen LogP contribution in [0.2, 0.25) is 10.0 Å². The Hall–Kier alpha value is -3.05. The molecule has 40 heavy (non-hydrogen) atoms. The zero-order chi connectivity index (χ0) is 28.1. The van der Waals surface area contributed by atoms with Gasteiger partial charge in [-0.3, -0.25) is 19.2 Å². The van der Waals surface area contributed by atoms with Crippen molar-refractivity contribution in [3.63, 3.8) is 0 Å². The fourth-order valence-electron chi connectivity index (χ4n) is 5.18. The van der Waals surface area contributed by atoms with E-state index in [1.807, 2.05) is 0 Å². The molecule has 1 aliphatic carbocycles. The van der Waals surface area contributed by atoms with E-state index in [2.05, 4.69) is 10.6 Å². The second-order valence-electron chi connectivity index (χ2n) is 9.22. The number of hydrogen-bond donors (Lipinski definition) is 2. The summed E-state index contributed by atoms with van der Waals surface area (Å²) < 4.78 is 6.08. The van der Waals surface area contributed by atoms with Crippen LogP contribution < -0.4 is 45.3 Å². The Kier molecular flexibility index (Phi) is 8.56. The van der Waals surface area contributed by atoms with E-state index in [1.54, 1.807) is 0 Å². The van der Waals surface area contributed by atoms with Crippen LogP contribution in [0, 0.1) is 11.8 Å². The van der Waals surface area contributed by atoms with Crippen molar-refractivity contribution in [1.82, 2.24) is 0 Å². The second-order valence-corrected chi connectivity index (χ2v) is 10.0. The molecule has 1 fully saturated rings. The third-order valence-corrected chi connectivity index (χ3v) is 7.57. The van der Waals surface area contributed by atoms with E-state index in [1.165, 1.54) is 73.7 Å². The average molecular weight is 589 g/mol. The molecule has 1 heterocycles. The Morgan fingerprint density at radius 2 is 1.40 bits per heavy atom. The number of carboxylic acid groups (broad SMARTS) is 1. The Morgan fingerprint density at radius 3 is 1.90 bits per heavy atom. The maximum absolute atomic E-state index is 13.7. The standard InChI is InChI=1S/C28H20Cl2N2O7.Na/c1-13(33)31-15-7-9-16(10-8-15)32-26(36)21-22(27(37)38)28(24(34)17-4-2-3-5-18(17)25(28)35)39-23(21)14-6-11-19(29)20(30)12-14;/h2-12,21-23H,1H3,(H,31,33)(H,32,36)(H,37,38);/q;+1/p-1/t21-,22-,23-;/m0./s1. The van der Waals surface area contributed by atoms with Gasteiger partial charge in [-0.15, -0.1) is 0 Å². The van der Waals surface area contributed by atoms with E-state index in [0.717, 1.165) is 0 Å². The van der Waals surface area contributed by atoms with Crippen LogP contribution in [0.5, 0.6) is 0 Å². The molecule has 0 radical (unpaired) electrons. The monoisotopic (exact) mass is 588 g/mol. The summed E-state index contributed by atoms with van der Waals surface area (Å²) >= 11 is 12.3. The van der Waals surface area contributed by atoms with E-state index in [4.69, 9.17) is 27.9 Å². The van der Waals surface area contributed by atoms with Crippen LogP contribution >= 0.6 is 23.2 Å². The maximum atomic E-state index is 13.7.